The second kappa shape index (κ2) is 6.27. The first-order valence-corrected chi connectivity index (χ1v) is 8.81. The fourth-order valence-corrected chi connectivity index (χ4v) is 5.98. The van der Waals surface area contributed by atoms with Gasteiger partial charge < -0.3 is 0 Å². The van der Waals surface area contributed by atoms with Crippen LogP contribution in [-0.4, -0.2) is 0 Å². The molecule has 0 aromatic carbocycles. The molecule has 0 fully saturated rings. The zero-order valence-electron chi connectivity index (χ0n) is 8.54. The summed E-state index contributed by atoms with van der Waals surface area (Å²) in [5.74, 6) is 5.65. The third-order valence-electron chi connectivity index (χ3n) is 2.29. The molecule has 0 bridgehead atoms. The molecule has 2 aromatic heterocycles. The number of hydrogen-bond acceptors (Lipinski definition) is 4. The second-order valence-corrected chi connectivity index (χ2v) is 9.09. The van der Waals surface area contributed by atoms with Crippen LogP contribution in [-0.2, 0) is 6.42 Å². The summed E-state index contributed by atoms with van der Waals surface area (Å²) < 4.78 is 3.34. The van der Waals surface area contributed by atoms with Gasteiger partial charge in [-0.3, -0.25) is 11.3 Å². The van der Waals surface area contributed by atoms with Gasteiger partial charge in [0, 0.05) is 21.2 Å². The Labute approximate surface area is 133 Å². The Morgan fingerprint density at radius 2 is 2.06 bits per heavy atom. The lowest BCUT2D eigenvalue weighted by atomic mass is 10.1. The van der Waals surface area contributed by atoms with Crippen LogP contribution < -0.4 is 11.3 Å². The van der Waals surface area contributed by atoms with Crippen molar-refractivity contribution in [3.63, 3.8) is 0 Å². The molecular formula is C10H9Br3N2S2. The van der Waals surface area contributed by atoms with E-state index in [9.17, 15) is 0 Å². The molecule has 2 heterocycles. The number of nitrogens with one attached hydrogen (secondary N) is 1. The highest BCUT2D eigenvalue weighted by Crippen LogP contribution is 2.37. The molecule has 0 radical (unpaired) electrons. The highest BCUT2D eigenvalue weighted by molar-refractivity contribution is 9.12. The van der Waals surface area contributed by atoms with Crippen molar-refractivity contribution in [3.05, 3.63) is 40.0 Å². The van der Waals surface area contributed by atoms with E-state index in [4.69, 9.17) is 5.84 Å². The Kier molecular flexibility index (Phi) is 5.23. The highest BCUT2D eigenvalue weighted by atomic mass is 79.9. The minimum Gasteiger partial charge on any atom is -0.271 e. The number of nitrogens with two attached hydrogens (primary N) is 1. The lowest BCUT2D eigenvalue weighted by molar-refractivity contribution is 0.555. The number of hydrogen-bond donors (Lipinski definition) is 2. The first-order valence-electron chi connectivity index (χ1n) is 4.74. The molecule has 0 aliphatic heterocycles. The first-order chi connectivity index (χ1) is 8.10. The first kappa shape index (κ1) is 14.2. The van der Waals surface area contributed by atoms with E-state index in [-0.39, 0.29) is 6.04 Å². The monoisotopic (exact) mass is 458 g/mol. The van der Waals surface area contributed by atoms with Crippen LogP contribution in [0.4, 0.5) is 0 Å². The number of rotatable bonds is 4. The Bertz CT molecular complexity index is 509. The molecule has 2 nitrogen and oxygen atoms in total. The molecule has 3 N–H and O–H groups in total. The standard InChI is InChI=1S/C10H9Br3N2S2/c11-5-1-6(16-4-5)2-8(15-14)7-3-9(12)17-10(7)13/h1,3-4,8,15H,2,14H2. The molecule has 2 rings (SSSR count). The van der Waals surface area contributed by atoms with Crippen molar-refractivity contribution in [1.82, 2.24) is 5.43 Å². The predicted octanol–water partition coefficient (Wildman–Crippen LogP) is 4.84. The van der Waals surface area contributed by atoms with Crippen molar-refractivity contribution < 1.29 is 0 Å². The van der Waals surface area contributed by atoms with Gasteiger partial charge >= 0.3 is 0 Å². The van der Waals surface area contributed by atoms with Crippen LogP contribution in [0.3, 0.4) is 0 Å². The molecule has 0 amide bonds. The molecule has 1 atom stereocenters. The van der Waals surface area contributed by atoms with Crippen molar-refractivity contribution in [2.45, 2.75) is 12.5 Å². The van der Waals surface area contributed by atoms with Gasteiger partial charge in [0.1, 0.15) is 0 Å². The maximum atomic E-state index is 5.65. The van der Waals surface area contributed by atoms with Crippen LogP contribution in [0.15, 0.2) is 29.6 Å². The number of hydrazine groups is 1. The summed E-state index contributed by atoms with van der Waals surface area (Å²) in [4.78, 5) is 1.30. The minimum absolute atomic E-state index is 0.123. The van der Waals surface area contributed by atoms with Gasteiger partial charge in [-0.2, -0.15) is 0 Å². The molecule has 0 saturated carbocycles. The van der Waals surface area contributed by atoms with E-state index in [0.717, 1.165) is 18.5 Å². The van der Waals surface area contributed by atoms with E-state index in [0.29, 0.717) is 0 Å². The average Bonchev–Trinajstić information content (AvgIpc) is 2.82. The highest BCUT2D eigenvalue weighted by Gasteiger charge is 2.17. The maximum Gasteiger partial charge on any atom is 0.0758 e. The lowest BCUT2D eigenvalue weighted by Gasteiger charge is -2.14. The van der Waals surface area contributed by atoms with E-state index < -0.39 is 0 Å². The summed E-state index contributed by atoms with van der Waals surface area (Å²) in [7, 11) is 0. The largest absolute Gasteiger partial charge is 0.271 e. The Morgan fingerprint density at radius 1 is 1.29 bits per heavy atom. The Balaban J connectivity index is 2.19. The van der Waals surface area contributed by atoms with Gasteiger partial charge in [-0.1, -0.05) is 0 Å². The summed E-state index contributed by atoms with van der Waals surface area (Å²) in [6.45, 7) is 0. The van der Waals surface area contributed by atoms with Crippen LogP contribution in [0.25, 0.3) is 0 Å². The van der Waals surface area contributed by atoms with E-state index in [1.165, 1.54) is 10.4 Å². The van der Waals surface area contributed by atoms with Gasteiger partial charge in [0.15, 0.2) is 0 Å². The van der Waals surface area contributed by atoms with Gasteiger partial charge in [0.05, 0.1) is 13.6 Å². The normalized spacial score (nSPS) is 12.9. The maximum absolute atomic E-state index is 5.65. The minimum atomic E-state index is 0.123. The van der Waals surface area contributed by atoms with Crippen molar-refractivity contribution >= 4 is 70.5 Å². The molecular weight excluding hydrogens is 452 g/mol. The van der Waals surface area contributed by atoms with Crippen LogP contribution in [0.2, 0.25) is 0 Å². The van der Waals surface area contributed by atoms with E-state index in [1.54, 1.807) is 22.7 Å². The van der Waals surface area contributed by atoms with Gasteiger partial charge in [0.2, 0.25) is 0 Å². The summed E-state index contributed by atoms with van der Waals surface area (Å²) in [6, 6.07) is 4.35. The molecule has 2 aromatic rings. The second-order valence-electron chi connectivity index (χ2n) is 3.43. The fraction of sp³-hybridized carbons (Fsp3) is 0.200. The zero-order chi connectivity index (χ0) is 12.4. The van der Waals surface area contributed by atoms with Gasteiger partial charge in [-0.25, -0.2) is 0 Å². The van der Waals surface area contributed by atoms with Crippen LogP contribution in [0.1, 0.15) is 16.5 Å². The fourth-order valence-electron chi connectivity index (χ4n) is 1.51. The zero-order valence-corrected chi connectivity index (χ0v) is 14.9. The van der Waals surface area contributed by atoms with Crippen molar-refractivity contribution in [2.75, 3.05) is 0 Å². The van der Waals surface area contributed by atoms with Gasteiger partial charge in [-0.15, -0.1) is 22.7 Å². The molecule has 0 saturated heterocycles. The molecule has 1 unspecified atom stereocenters. The third-order valence-corrected chi connectivity index (χ3v) is 6.39. The quantitative estimate of drug-likeness (QED) is 0.506. The van der Waals surface area contributed by atoms with Crippen LogP contribution in [0, 0.1) is 0 Å². The molecule has 0 aliphatic rings. The Hall–Kier alpha value is 0.760. The average molecular weight is 461 g/mol. The molecule has 17 heavy (non-hydrogen) atoms. The third kappa shape index (κ3) is 3.62. The molecule has 92 valence electrons. The molecule has 0 spiro atoms. The van der Waals surface area contributed by atoms with E-state index >= 15 is 0 Å². The van der Waals surface area contributed by atoms with E-state index in [2.05, 4.69) is 70.7 Å². The topological polar surface area (TPSA) is 38.0 Å². The SMILES string of the molecule is NNC(Cc1cc(Br)cs1)c1cc(Br)sc1Br. The van der Waals surface area contributed by atoms with Crippen molar-refractivity contribution in [1.29, 1.82) is 0 Å². The summed E-state index contributed by atoms with van der Waals surface area (Å²) in [6.07, 6.45) is 0.883. The number of halogens is 3. The Morgan fingerprint density at radius 3 is 2.53 bits per heavy atom. The van der Waals surface area contributed by atoms with E-state index in [1.807, 2.05) is 0 Å². The summed E-state index contributed by atoms with van der Waals surface area (Å²) in [5, 5.41) is 2.08. The van der Waals surface area contributed by atoms with Crippen molar-refractivity contribution in [2.24, 2.45) is 5.84 Å². The van der Waals surface area contributed by atoms with Crippen molar-refractivity contribution in [3.8, 4) is 0 Å². The van der Waals surface area contributed by atoms with Gasteiger partial charge in [-0.05, 0) is 65.5 Å². The van der Waals surface area contributed by atoms with Crippen LogP contribution in [0.5, 0.6) is 0 Å². The predicted molar refractivity (Wildman–Crippen MR) is 85.5 cm³/mol. The molecule has 0 aliphatic carbocycles. The number of thiophene rings is 2. The smallest absolute Gasteiger partial charge is 0.0758 e. The molecule has 7 heteroatoms. The van der Waals surface area contributed by atoms with Crippen LogP contribution >= 0.6 is 70.5 Å². The lowest BCUT2D eigenvalue weighted by Crippen LogP contribution is -2.29. The summed E-state index contributed by atoms with van der Waals surface area (Å²) >= 11 is 13.9. The summed E-state index contributed by atoms with van der Waals surface area (Å²) in [5.41, 5.74) is 4.07. The van der Waals surface area contributed by atoms with Gasteiger partial charge in [0.25, 0.3) is 0 Å².